The smallest absolute Gasteiger partial charge is 0.269 e. The van der Waals surface area contributed by atoms with Crippen molar-refractivity contribution in [2.75, 3.05) is 12.3 Å². The maximum absolute atomic E-state index is 13.0. The molecule has 0 N–H and O–H groups in total. The highest BCUT2D eigenvalue weighted by Crippen LogP contribution is 2.41. The van der Waals surface area contributed by atoms with Gasteiger partial charge < -0.3 is 4.52 Å². The number of thioether (sulfide) groups is 1. The highest BCUT2D eigenvalue weighted by atomic mass is 32.2. The van der Waals surface area contributed by atoms with Gasteiger partial charge in [-0.05, 0) is 29.8 Å². The fraction of sp³-hybridized carbons (Fsp3) is 0.235. The van der Waals surface area contributed by atoms with Crippen LogP contribution in [-0.4, -0.2) is 35.1 Å². The zero-order valence-electron chi connectivity index (χ0n) is 14.0. The third-order valence-electron chi connectivity index (χ3n) is 4.37. The van der Waals surface area contributed by atoms with Gasteiger partial charge in [-0.25, -0.2) is 8.42 Å². The summed E-state index contributed by atoms with van der Waals surface area (Å²) in [5.41, 5.74) is 1.62. The number of para-hydroxylation sites is 1. The third-order valence-corrected chi connectivity index (χ3v) is 7.51. The normalized spacial score (nSPS) is 18.1. The van der Waals surface area contributed by atoms with Gasteiger partial charge in [-0.2, -0.15) is 4.31 Å². The van der Waals surface area contributed by atoms with E-state index in [4.69, 9.17) is 4.52 Å². The average molecular weight is 405 g/mol. The minimum absolute atomic E-state index is 0.0229. The summed E-state index contributed by atoms with van der Waals surface area (Å²) in [6.45, 7) is 0.379. The van der Waals surface area contributed by atoms with Gasteiger partial charge in [0.15, 0.2) is 5.58 Å². The van der Waals surface area contributed by atoms with Gasteiger partial charge in [-0.15, -0.1) is 11.8 Å². The molecule has 0 saturated carbocycles. The fourth-order valence-electron chi connectivity index (χ4n) is 3.06. The molecule has 0 aliphatic carbocycles. The fourth-order valence-corrected chi connectivity index (χ4v) is 6.40. The first-order chi connectivity index (χ1) is 13.0. The highest BCUT2D eigenvalue weighted by Gasteiger charge is 2.36. The molecule has 1 aromatic heterocycles. The first-order valence-electron chi connectivity index (χ1n) is 8.14. The molecule has 1 fully saturated rings. The lowest BCUT2D eigenvalue weighted by atomic mass is 10.2. The van der Waals surface area contributed by atoms with Crippen LogP contribution in [0.3, 0.4) is 0 Å². The molecule has 2 aromatic carbocycles. The molecule has 3 aromatic rings. The maximum Gasteiger partial charge on any atom is 0.269 e. The van der Waals surface area contributed by atoms with Crippen molar-refractivity contribution < 1.29 is 17.9 Å². The number of benzene rings is 2. The van der Waals surface area contributed by atoms with Crippen molar-refractivity contribution in [3.05, 3.63) is 69.9 Å². The van der Waals surface area contributed by atoms with E-state index < -0.39 is 20.3 Å². The highest BCUT2D eigenvalue weighted by molar-refractivity contribution is 8.00. The quantitative estimate of drug-likeness (QED) is 0.473. The second-order valence-electron chi connectivity index (χ2n) is 6.06. The minimum atomic E-state index is -3.64. The zero-order chi connectivity index (χ0) is 19.0. The number of nitro groups is 1. The molecule has 0 radical (unpaired) electrons. The van der Waals surface area contributed by atoms with Crippen LogP contribution in [0.5, 0.6) is 0 Å². The summed E-state index contributed by atoms with van der Waals surface area (Å²) in [6, 6.07) is 13.1. The zero-order valence-corrected chi connectivity index (χ0v) is 15.6. The molecule has 27 heavy (non-hydrogen) atoms. The molecule has 1 atom stereocenters. The standard InChI is InChI=1S/C17H15N3O5S2/c21-20(22)13-7-5-12(6-8-13)17-19(9-10-26-17)27(23,24)11-15-14-3-1-2-4-16(14)25-18-15/h1-8,17H,9-11H2. The van der Waals surface area contributed by atoms with Crippen molar-refractivity contribution in [1.82, 2.24) is 9.46 Å². The summed E-state index contributed by atoms with van der Waals surface area (Å²) in [6.07, 6.45) is 0. The van der Waals surface area contributed by atoms with E-state index in [0.717, 1.165) is 5.56 Å². The van der Waals surface area contributed by atoms with E-state index in [1.54, 1.807) is 36.4 Å². The summed E-state index contributed by atoms with van der Waals surface area (Å²) >= 11 is 1.49. The molecule has 140 valence electrons. The largest absolute Gasteiger partial charge is 0.356 e. The molecule has 0 spiro atoms. The lowest BCUT2D eigenvalue weighted by molar-refractivity contribution is -0.384. The molecule has 2 heterocycles. The SMILES string of the molecule is O=[N+]([O-])c1ccc(C2SCCN2S(=O)(=O)Cc2noc3ccccc23)cc1. The van der Waals surface area contributed by atoms with Crippen LogP contribution < -0.4 is 0 Å². The monoisotopic (exact) mass is 405 g/mol. The van der Waals surface area contributed by atoms with E-state index in [9.17, 15) is 18.5 Å². The molecular weight excluding hydrogens is 390 g/mol. The average Bonchev–Trinajstić information content (AvgIpc) is 3.30. The van der Waals surface area contributed by atoms with Crippen LogP contribution in [0, 0.1) is 10.1 Å². The number of hydrogen-bond acceptors (Lipinski definition) is 7. The molecule has 0 bridgehead atoms. The molecule has 1 saturated heterocycles. The van der Waals surface area contributed by atoms with Crippen molar-refractivity contribution in [2.45, 2.75) is 11.1 Å². The Bertz CT molecular complexity index is 1100. The summed E-state index contributed by atoms with van der Waals surface area (Å²) < 4.78 is 32.7. The Kier molecular flexibility index (Phi) is 4.62. The Labute approximate surface area is 159 Å². The number of fused-ring (bicyclic) bond motifs is 1. The lowest BCUT2D eigenvalue weighted by Crippen LogP contribution is -2.31. The Hall–Kier alpha value is -2.43. The van der Waals surface area contributed by atoms with Gasteiger partial charge in [0.2, 0.25) is 10.0 Å². The van der Waals surface area contributed by atoms with Gasteiger partial charge in [-0.3, -0.25) is 10.1 Å². The molecular formula is C17H15N3O5S2. The predicted molar refractivity (Wildman–Crippen MR) is 102 cm³/mol. The Balaban J connectivity index is 1.61. The second kappa shape index (κ2) is 6.95. The van der Waals surface area contributed by atoms with Crippen LogP contribution in [-0.2, 0) is 15.8 Å². The summed E-state index contributed by atoms with van der Waals surface area (Å²) in [5.74, 6) is 0.397. The van der Waals surface area contributed by atoms with E-state index in [1.165, 1.54) is 28.2 Å². The molecule has 0 amide bonds. The number of aromatic nitrogens is 1. The van der Waals surface area contributed by atoms with Crippen LogP contribution in [0.25, 0.3) is 11.0 Å². The Morgan fingerprint density at radius 2 is 1.96 bits per heavy atom. The van der Waals surface area contributed by atoms with Gasteiger partial charge >= 0.3 is 0 Å². The van der Waals surface area contributed by atoms with Crippen LogP contribution >= 0.6 is 11.8 Å². The third kappa shape index (κ3) is 3.43. The summed E-state index contributed by atoms with van der Waals surface area (Å²) in [7, 11) is -3.64. The van der Waals surface area contributed by atoms with E-state index in [2.05, 4.69) is 5.16 Å². The van der Waals surface area contributed by atoms with E-state index >= 15 is 0 Å². The summed E-state index contributed by atoms with van der Waals surface area (Å²) in [5, 5.41) is 15.0. The second-order valence-corrected chi connectivity index (χ2v) is 9.17. The van der Waals surface area contributed by atoms with Gasteiger partial charge in [0.25, 0.3) is 5.69 Å². The van der Waals surface area contributed by atoms with E-state index in [-0.39, 0.29) is 11.4 Å². The topological polar surface area (TPSA) is 107 Å². The molecule has 1 unspecified atom stereocenters. The van der Waals surface area contributed by atoms with Gasteiger partial charge in [0.05, 0.1) is 10.3 Å². The van der Waals surface area contributed by atoms with E-state index in [0.29, 0.717) is 29.0 Å². The maximum atomic E-state index is 13.0. The first-order valence-corrected chi connectivity index (χ1v) is 10.8. The van der Waals surface area contributed by atoms with Crippen molar-refractivity contribution in [3.63, 3.8) is 0 Å². The molecule has 4 rings (SSSR count). The van der Waals surface area contributed by atoms with Gasteiger partial charge in [0.1, 0.15) is 11.4 Å². The van der Waals surface area contributed by atoms with E-state index in [1.807, 2.05) is 0 Å². The van der Waals surface area contributed by atoms with Crippen molar-refractivity contribution in [2.24, 2.45) is 0 Å². The first kappa shape index (κ1) is 18.0. The number of hydrogen-bond donors (Lipinski definition) is 0. The molecule has 8 nitrogen and oxygen atoms in total. The molecule has 1 aliphatic heterocycles. The Morgan fingerprint density at radius 1 is 1.22 bits per heavy atom. The number of sulfonamides is 1. The molecule has 10 heteroatoms. The van der Waals surface area contributed by atoms with Crippen LogP contribution in [0.4, 0.5) is 5.69 Å². The molecule has 1 aliphatic rings. The van der Waals surface area contributed by atoms with Crippen LogP contribution in [0.2, 0.25) is 0 Å². The van der Waals surface area contributed by atoms with Gasteiger partial charge in [0, 0.05) is 29.8 Å². The summed E-state index contributed by atoms with van der Waals surface area (Å²) in [4.78, 5) is 10.3. The van der Waals surface area contributed by atoms with Gasteiger partial charge in [-0.1, -0.05) is 17.3 Å². The van der Waals surface area contributed by atoms with Crippen molar-refractivity contribution in [1.29, 1.82) is 0 Å². The van der Waals surface area contributed by atoms with Crippen molar-refractivity contribution in [3.8, 4) is 0 Å². The number of nitrogens with zero attached hydrogens (tertiary/aromatic N) is 3. The van der Waals surface area contributed by atoms with Crippen LogP contribution in [0.1, 0.15) is 16.6 Å². The number of rotatable bonds is 5. The minimum Gasteiger partial charge on any atom is -0.356 e. The Morgan fingerprint density at radius 3 is 2.70 bits per heavy atom. The van der Waals surface area contributed by atoms with Crippen LogP contribution in [0.15, 0.2) is 53.1 Å². The lowest BCUT2D eigenvalue weighted by Gasteiger charge is -2.23. The number of non-ortho nitro benzene ring substituents is 1. The predicted octanol–water partition coefficient (Wildman–Crippen LogP) is 3.31. The number of nitro benzene ring substituents is 1. The van der Waals surface area contributed by atoms with Crippen molar-refractivity contribution >= 4 is 38.4 Å².